The van der Waals surface area contributed by atoms with E-state index >= 15 is 0 Å². The molecule has 1 aromatic rings. The molecule has 0 atom stereocenters. The standard InChI is InChI=1S/C13H16O4S/c1-13(2,12(14)15)8-10-5-3-4-9-6-7-18(16,17)11(9)10/h3-5H,6-8H2,1-2H3,(H,14,15). The maximum atomic E-state index is 12.0. The Morgan fingerprint density at radius 3 is 2.67 bits per heavy atom. The zero-order chi connectivity index (χ0) is 13.6. The van der Waals surface area contributed by atoms with E-state index in [9.17, 15) is 13.2 Å². The van der Waals surface area contributed by atoms with Crippen LogP contribution in [-0.4, -0.2) is 25.2 Å². The van der Waals surface area contributed by atoms with Crippen molar-refractivity contribution >= 4 is 15.8 Å². The van der Waals surface area contributed by atoms with Crippen LogP contribution in [0, 0.1) is 5.41 Å². The minimum Gasteiger partial charge on any atom is -0.481 e. The van der Waals surface area contributed by atoms with Crippen molar-refractivity contribution in [2.24, 2.45) is 5.41 Å². The number of aryl methyl sites for hydroxylation is 1. The molecule has 0 spiro atoms. The first kappa shape index (κ1) is 13.1. The fourth-order valence-corrected chi connectivity index (χ4v) is 4.07. The summed E-state index contributed by atoms with van der Waals surface area (Å²) in [6.45, 7) is 3.21. The van der Waals surface area contributed by atoms with Crippen molar-refractivity contribution < 1.29 is 18.3 Å². The summed E-state index contributed by atoms with van der Waals surface area (Å²) in [4.78, 5) is 11.5. The zero-order valence-electron chi connectivity index (χ0n) is 10.4. The van der Waals surface area contributed by atoms with E-state index in [0.717, 1.165) is 5.56 Å². The summed E-state index contributed by atoms with van der Waals surface area (Å²) in [6.07, 6.45) is 0.754. The maximum Gasteiger partial charge on any atom is 0.309 e. The van der Waals surface area contributed by atoms with Crippen molar-refractivity contribution in [1.29, 1.82) is 0 Å². The number of hydrogen-bond acceptors (Lipinski definition) is 3. The number of carboxylic acid groups (broad SMARTS) is 1. The van der Waals surface area contributed by atoms with Crippen molar-refractivity contribution in [2.45, 2.75) is 31.6 Å². The highest BCUT2D eigenvalue weighted by molar-refractivity contribution is 7.91. The van der Waals surface area contributed by atoms with Gasteiger partial charge in [0.15, 0.2) is 9.84 Å². The van der Waals surface area contributed by atoms with E-state index < -0.39 is 21.2 Å². The lowest BCUT2D eigenvalue weighted by Gasteiger charge is -2.20. The number of carbonyl (C=O) groups is 1. The Kier molecular flexibility index (Phi) is 2.97. The van der Waals surface area contributed by atoms with Crippen LogP contribution in [0.25, 0.3) is 0 Å². The molecule has 18 heavy (non-hydrogen) atoms. The van der Waals surface area contributed by atoms with E-state index in [1.165, 1.54) is 0 Å². The largest absolute Gasteiger partial charge is 0.481 e. The molecule has 98 valence electrons. The molecular weight excluding hydrogens is 252 g/mol. The molecule has 1 N–H and O–H groups in total. The number of sulfone groups is 1. The Hall–Kier alpha value is -1.36. The molecule has 0 amide bonds. The van der Waals surface area contributed by atoms with Crippen molar-refractivity contribution in [3.8, 4) is 0 Å². The average molecular weight is 268 g/mol. The van der Waals surface area contributed by atoms with Crippen LogP contribution in [0.3, 0.4) is 0 Å². The zero-order valence-corrected chi connectivity index (χ0v) is 11.3. The maximum absolute atomic E-state index is 12.0. The summed E-state index contributed by atoms with van der Waals surface area (Å²) in [5.74, 6) is -0.789. The molecule has 1 aromatic carbocycles. The molecule has 0 saturated carbocycles. The number of aliphatic carboxylic acids is 1. The van der Waals surface area contributed by atoms with Gasteiger partial charge in [-0.1, -0.05) is 18.2 Å². The molecule has 0 bridgehead atoms. The smallest absolute Gasteiger partial charge is 0.309 e. The van der Waals surface area contributed by atoms with Crippen LogP contribution in [0.1, 0.15) is 25.0 Å². The van der Waals surface area contributed by atoms with Gasteiger partial charge in [0.05, 0.1) is 16.1 Å². The Morgan fingerprint density at radius 1 is 1.39 bits per heavy atom. The van der Waals surface area contributed by atoms with Crippen molar-refractivity contribution in [3.05, 3.63) is 29.3 Å². The number of hydrogen-bond donors (Lipinski definition) is 1. The number of rotatable bonds is 3. The van der Waals surface area contributed by atoms with Gasteiger partial charge in [0.1, 0.15) is 0 Å². The summed E-state index contributed by atoms with van der Waals surface area (Å²) < 4.78 is 24.0. The van der Waals surface area contributed by atoms with Gasteiger partial charge in [-0.15, -0.1) is 0 Å². The van der Waals surface area contributed by atoms with E-state index in [-0.39, 0.29) is 12.2 Å². The highest BCUT2D eigenvalue weighted by Crippen LogP contribution is 2.33. The SMILES string of the molecule is CC(C)(Cc1cccc2c1S(=O)(=O)CC2)C(=O)O. The quantitative estimate of drug-likeness (QED) is 0.905. The highest BCUT2D eigenvalue weighted by Gasteiger charge is 2.33. The van der Waals surface area contributed by atoms with E-state index in [4.69, 9.17) is 5.11 Å². The highest BCUT2D eigenvalue weighted by atomic mass is 32.2. The molecule has 0 radical (unpaired) electrons. The van der Waals surface area contributed by atoms with E-state index in [1.54, 1.807) is 32.0 Å². The molecule has 5 heteroatoms. The second kappa shape index (κ2) is 4.09. The first-order valence-corrected chi connectivity index (χ1v) is 7.46. The first-order chi connectivity index (χ1) is 8.24. The Labute approximate surface area is 107 Å². The minimum absolute atomic E-state index is 0.132. The number of carboxylic acids is 1. The van der Waals surface area contributed by atoms with Crippen LogP contribution in [0.2, 0.25) is 0 Å². The van der Waals surface area contributed by atoms with Crippen LogP contribution < -0.4 is 0 Å². The van der Waals surface area contributed by atoms with Crippen LogP contribution in [0.5, 0.6) is 0 Å². The van der Waals surface area contributed by atoms with Crippen LogP contribution in [-0.2, 0) is 27.5 Å². The molecule has 1 aliphatic rings. The van der Waals surface area contributed by atoms with Gasteiger partial charge in [-0.25, -0.2) is 8.42 Å². The summed E-state index contributed by atoms with van der Waals surface area (Å²) >= 11 is 0. The second-order valence-corrected chi connectivity index (χ2v) is 7.39. The van der Waals surface area contributed by atoms with Gasteiger partial charge < -0.3 is 5.11 Å². The molecule has 0 aromatic heterocycles. The molecular formula is C13H16O4S. The molecule has 1 aliphatic heterocycles. The fourth-order valence-electron chi connectivity index (χ4n) is 2.27. The van der Waals surface area contributed by atoms with Crippen molar-refractivity contribution in [1.82, 2.24) is 0 Å². The van der Waals surface area contributed by atoms with Gasteiger partial charge >= 0.3 is 5.97 Å². The van der Waals surface area contributed by atoms with E-state index in [1.807, 2.05) is 0 Å². The van der Waals surface area contributed by atoms with E-state index in [2.05, 4.69) is 0 Å². The molecule has 1 heterocycles. The molecule has 0 fully saturated rings. The lowest BCUT2D eigenvalue weighted by Crippen LogP contribution is -2.26. The molecule has 4 nitrogen and oxygen atoms in total. The Bertz CT molecular complexity index is 599. The lowest BCUT2D eigenvalue weighted by atomic mass is 9.85. The predicted molar refractivity (Wildman–Crippen MR) is 67.3 cm³/mol. The second-order valence-electron chi connectivity index (χ2n) is 5.34. The molecule has 2 rings (SSSR count). The van der Waals surface area contributed by atoms with Gasteiger partial charge in [-0.2, -0.15) is 0 Å². The van der Waals surface area contributed by atoms with E-state index in [0.29, 0.717) is 16.9 Å². The van der Waals surface area contributed by atoms with Gasteiger partial charge in [-0.05, 0) is 37.8 Å². The van der Waals surface area contributed by atoms with Crippen LogP contribution in [0.4, 0.5) is 0 Å². The van der Waals surface area contributed by atoms with Gasteiger partial charge in [0.25, 0.3) is 0 Å². The summed E-state index contributed by atoms with van der Waals surface area (Å²) in [5.41, 5.74) is 0.471. The fraction of sp³-hybridized carbons (Fsp3) is 0.462. The average Bonchev–Trinajstić information content (AvgIpc) is 2.55. The van der Waals surface area contributed by atoms with Crippen molar-refractivity contribution in [3.63, 3.8) is 0 Å². The normalized spacial score (nSPS) is 17.4. The van der Waals surface area contributed by atoms with Crippen LogP contribution in [0.15, 0.2) is 23.1 Å². The third kappa shape index (κ3) is 2.14. The van der Waals surface area contributed by atoms with Gasteiger partial charge in [0, 0.05) is 0 Å². The van der Waals surface area contributed by atoms with Gasteiger partial charge in [0.2, 0.25) is 0 Å². The predicted octanol–water partition coefficient (Wildman–Crippen LogP) is 1.67. The molecule has 0 unspecified atom stereocenters. The Balaban J connectivity index is 2.49. The summed E-state index contributed by atoms with van der Waals surface area (Å²) in [6, 6.07) is 5.32. The molecule has 0 aliphatic carbocycles. The molecule has 0 saturated heterocycles. The lowest BCUT2D eigenvalue weighted by molar-refractivity contribution is -0.146. The van der Waals surface area contributed by atoms with Crippen molar-refractivity contribution in [2.75, 3.05) is 5.75 Å². The third-order valence-electron chi connectivity index (χ3n) is 3.34. The Morgan fingerprint density at radius 2 is 2.06 bits per heavy atom. The number of benzene rings is 1. The number of fused-ring (bicyclic) bond motifs is 1. The minimum atomic E-state index is -3.23. The topological polar surface area (TPSA) is 71.4 Å². The monoisotopic (exact) mass is 268 g/mol. The van der Waals surface area contributed by atoms with Gasteiger partial charge in [-0.3, -0.25) is 4.79 Å². The third-order valence-corrected chi connectivity index (χ3v) is 5.23. The first-order valence-electron chi connectivity index (χ1n) is 5.81. The van der Waals surface area contributed by atoms with Crippen LogP contribution >= 0.6 is 0 Å². The summed E-state index contributed by atoms with van der Waals surface area (Å²) in [5, 5.41) is 9.13. The summed E-state index contributed by atoms with van der Waals surface area (Å²) in [7, 11) is -3.23.